The van der Waals surface area contributed by atoms with Gasteiger partial charge in [-0.15, -0.1) is 11.3 Å². The summed E-state index contributed by atoms with van der Waals surface area (Å²) >= 11 is 7.63. The molecule has 2 aromatic rings. The van der Waals surface area contributed by atoms with E-state index in [9.17, 15) is 5.11 Å². The molecule has 0 spiro atoms. The maximum absolute atomic E-state index is 10.0. The smallest absolute Gasteiger partial charge is 0.225 e. The van der Waals surface area contributed by atoms with Gasteiger partial charge < -0.3 is 10.0 Å². The molecule has 0 radical (unpaired) electrons. The molecule has 3 rings (SSSR count). The van der Waals surface area contributed by atoms with Gasteiger partial charge in [0, 0.05) is 18.0 Å². The van der Waals surface area contributed by atoms with Crippen LogP contribution in [0.25, 0.3) is 10.2 Å². The quantitative estimate of drug-likeness (QED) is 0.822. The molecule has 1 fully saturated rings. The van der Waals surface area contributed by atoms with Crippen molar-refractivity contribution in [1.29, 1.82) is 0 Å². The summed E-state index contributed by atoms with van der Waals surface area (Å²) in [6.45, 7) is 5.64. The SMILES string of the molecule is Cc1cc2c(N3CCC(C)C(O)C3)nc(Cl)nc2s1. The Morgan fingerprint density at radius 1 is 1.47 bits per heavy atom. The van der Waals surface area contributed by atoms with Crippen LogP contribution in [0.15, 0.2) is 6.07 Å². The lowest BCUT2D eigenvalue weighted by atomic mass is 9.96. The van der Waals surface area contributed by atoms with Crippen LogP contribution < -0.4 is 4.90 Å². The van der Waals surface area contributed by atoms with Gasteiger partial charge >= 0.3 is 0 Å². The molecule has 2 aromatic heterocycles. The second-order valence-electron chi connectivity index (χ2n) is 5.17. The summed E-state index contributed by atoms with van der Waals surface area (Å²) in [5.41, 5.74) is 0. The van der Waals surface area contributed by atoms with Crippen molar-refractivity contribution in [3.8, 4) is 0 Å². The highest BCUT2D eigenvalue weighted by molar-refractivity contribution is 7.18. The molecule has 1 aliphatic heterocycles. The molecule has 0 aromatic carbocycles. The highest BCUT2D eigenvalue weighted by atomic mass is 35.5. The van der Waals surface area contributed by atoms with Gasteiger partial charge in [-0.05, 0) is 36.9 Å². The summed E-state index contributed by atoms with van der Waals surface area (Å²) < 4.78 is 0. The molecule has 102 valence electrons. The first kappa shape index (κ1) is 13.1. The number of anilines is 1. The van der Waals surface area contributed by atoms with Crippen LogP contribution in [0.5, 0.6) is 0 Å². The van der Waals surface area contributed by atoms with Crippen molar-refractivity contribution in [2.75, 3.05) is 18.0 Å². The van der Waals surface area contributed by atoms with Crippen molar-refractivity contribution in [3.63, 3.8) is 0 Å². The third-order valence-electron chi connectivity index (χ3n) is 3.69. The molecule has 4 nitrogen and oxygen atoms in total. The van der Waals surface area contributed by atoms with E-state index in [-0.39, 0.29) is 11.4 Å². The molecule has 1 saturated heterocycles. The third-order valence-corrected chi connectivity index (χ3v) is 4.80. The lowest BCUT2D eigenvalue weighted by Crippen LogP contribution is -2.43. The molecule has 2 unspecified atom stereocenters. The fourth-order valence-electron chi connectivity index (χ4n) is 2.48. The van der Waals surface area contributed by atoms with Crippen molar-refractivity contribution >= 4 is 39.0 Å². The third kappa shape index (κ3) is 2.42. The Balaban J connectivity index is 2.04. The highest BCUT2D eigenvalue weighted by Gasteiger charge is 2.26. The summed E-state index contributed by atoms with van der Waals surface area (Å²) in [4.78, 5) is 12.9. The van der Waals surface area contributed by atoms with Gasteiger partial charge in [0.15, 0.2) is 0 Å². The van der Waals surface area contributed by atoms with Crippen molar-refractivity contribution in [2.45, 2.75) is 26.4 Å². The van der Waals surface area contributed by atoms with Crippen LogP contribution >= 0.6 is 22.9 Å². The number of fused-ring (bicyclic) bond motifs is 1. The molecule has 0 amide bonds. The monoisotopic (exact) mass is 297 g/mol. The average Bonchev–Trinajstić information content (AvgIpc) is 2.72. The number of hydrogen-bond acceptors (Lipinski definition) is 5. The van der Waals surface area contributed by atoms with E-state index in [1.54, 1.807) is 11.3 Å². The number of hydrogen-bond donors (Lipinski definition) is 1. The van der Waals surface area contributed by atoms with Crippen LogP contribution in [0, 0.1) is 12.8 Å². The van der Waals surface area contributed by atoms with Gasteiger partial charge in [-0.25, -0.2) is 4.98 Å². The number of rotatable bonds is 1. The number of aromatic nitrogens is 2. The van der Waals surface area contributed by atoms with Gasteiger partial charge in [-0.2, -0.15) is 4.98 Å². The Morgan fingerprint density at radius 2 is 2.26 bits per heavy atom. The van der Waals surface area contributed by atoms with Crippen LogP contribution in [-0.4, -0.2) is 34.3 Å². The number of aliphatic hydroxyl groups excluding tert-OH is 1. The van der Waals surface area contributed by atoms with E-state index in [1.165, 1.54) is 4.88 Å². The summed E-state index contributed by atoms with van der Waals surface area (Å²) in [6.07, 6.45) is 0.658. The Hall–Kier alpha value is -0.910. The predicted octanol–water partition coefficient (Wildman–Crippen LogP) is 2.86. The van der Waals surface area contributed by atoms with Crippen LogP contribution in [0.3, 0.4) is 0 Å². The number of thiophene rings is 1. The van der Waals surface area contributed by atoms with Crippen LogP contribution in [0.4, 0.5) is 5.82 Å². The number of halogens is 1. The first-order valence-electron chi connectivity index (χ1n) is 6.41. The minimum absolute atomic E-state index is 0.275. The lowest BCUT2D eigenvalue weighted by molar-refractivity contribution is 0.103. The van der Waals surface area contributed by atoms with Gasteiger partial charge in [0.1, 0.15) is 10.6 Å². The average molecular weight is 298 g/mol. The first-order valence-corrected chi connectivity index (χ1v) is 7.60. The molecule has 0 aliphatic carbocycles. The second-order valence-corrected chi connectivity index (χ2v) is 6.74. The first-order chi connectivity index (χ1) is 9.04. The number of nitrogens with zero attached hydrogens (tertiary/aromatic N) is 3. The van der Waals surface area contributed by atoms with E-state index in [0.717, 1.165) is 29.0 Å². The minimum Gasteiger partial charge on any atom is -0.391 e. The van der Waals surface area contributed by atoms with Gasteiger partial charge in [0.05, 0.1) is 11.5 Å². The summed E-state index contributed by atoms with van der Waals surface area (Å²) in [6, 6.07) is 2.09. The van der Waals surface area contributed by atoms with Gasteiger partial charge in [-0.1, -0.05) is 6.92 Å². The molecule has 19 heavy (non-hydrogen) atoms. The molecular formula is C13H16ClN3OS. The molecular weight excluding hydrogens is 282 g/mol. The molecule has 3 heterocycles. The predicted molar refractivity (Wildman–Crippen MR) is 79.2 cm³/mol. The van der Waals surface area contributed by atoms with Crippen molar-refractivity contribution < 1.29 is 5.11 Å². The zero-order valence-electron chi connectivity index (χ0n) is 10.9. The van der Waals surface area contributed by atoms with Crippen LogP contribution in [0.2, 0.25) is 5.28 Å². The van der Waals surface area contributed by atoms with Crippen LogP contribution in [-0.2, 0) is 0 Å². The van der Waals surface area contributed by atoms with E-state index in [4.69, 9.17) is 11.6 Å². The Morgan fingerprint density at radius 3 is 3.00 bits per heavy atom. The molecule has 2 atom stereocenters. The zero-order chi connectivity index (χ0) is 13.6. The van der Waals surface area contributed by atoms with E-state index < -0.39 is 0 Å². The minimum atomic E-state index is -0.308. The molecule has 1 aliphatic rings. The van der Waals surface area contributed by atoms with Gasteiger partial charge in [0.25, 0.3) is 0 Å². The van der Waals surface area contributed by atoms with Gasteiger partial charge in [-0.3, -0.25) is 0 Å². The van der Waals surface area contributed by atoms with Crippen LogP contribution in [0.1, 0.15) is 18.2 Å². The summed E-state index contributed by atoms with van der Waals surface area (Å²) in [5.74, 6) is 1.19. The van der Waals surface area contributed by atoms with E-state index >= 15 is 0 Å². The van der Waals surface area contributed by atoms with E-state index in [1.807, 2.05) is 0 Å². The number of piperidine rings is 1. The molecule has 6 heteroatoms. The van der Waals surface area contributed by atoms with E-state index in [0.29, 0.717) is 12.5 Å². The summed E-state index contributed by atoms with van der Waals surface area (Å²) in [5, 5.41) is 11.4. The normalized spacial score (nSPS) is 24.1. The van der Waals surface area contributed by atoms with Crippen molar-refractivity contribution in [3.05, 3.63) is 16.2 Å². The number of aliphatic hydroxyl groups is 1. The summed E-state index contributed by atoms with van der Waals surface area (Å²) in [7, 11) is 0. The Labute approximate surface area is 121 Å². The maximum Gasteiger partial charge on any atom is 0.225 e. The molecule has 0 saturated carbocycles. The standard InChI is InChI=1S/C13H16ClN3OS/c1-7-3-4-17(6-10(7)18)11-9-5-8(2)19-12(9)16-13(14)15-11/h5,7,10,18H,3-4,6H2,1-2H3. The number of aryl methyl sites for hydroxylation is 1. The van der Waals surface area contributed by atoms with E-state index in [2.05, 4.69) is 34.8 Å². The molecule has 0 bridgehead atoms. The fraction of sp³-hybridized carbons (Fsp3) is 0.538. The van der Waals surface area contributed by atoms with Gasteiger partial charge in [0.2, 0.25) is 5.28 Å². The van der Waals surface area contributed by atoms with Crippen molar-refractivity contribution in [2.24, 2.45) is 5.92 Å². The fourth-order valence-corrected chi connectivity index (χ4v) is 3.57. The lowest BCUT2D eigenvalue weighted by Gasteiger charge is -2.35. The largest absolute Gasteiger partial charge is 0.391 e. The molecule has 1 N–H and O–H groups in total. The Bertz CT molecular complexity index is 615. The van der Waals surface area contributed by atoms with Crippen molar-refractivity contribution in [1.82, 2.24) is 9.97 Å². The second kappa shape index (κ2) is 4.89. The maximum atomic E-state index is 10.0. The number of β-amino-alcohol motifs (C(OH)–C–C–N with tert-alkyl or cyclic N) is 1. The Kier molecular flexibility index (Phi) is 3.37. The highest BCUT2D eigenvalue weighted by Crippen LogP contribution is 2.33. The topological polar surface area (TPSA) is 49.2 Å². The zero-order valence-corrected chi connectivity index (χ0v) is 12.5.